The molecule has 0 spiro atoms. The maximum atomic E-state index is 11.2. The van der Waals surface area contributed by atoms with Gasteiger partial charge in [-0.1, -0.05) is 0 Å². The number of carboxylic acids is 1. The van der Waals surface area contributed by atoms with Crippen molar-refractivity contribution in [3.05, 3.63) is 33.4 Å². The summed E-state index contributed by atoms with van der Waals surface area (Å²) < 4.78 is 1.51. The lowest BCUT2D eigenvalue weighted by Crippen LogP contribution is -2.10. The number of carbonyl (C=O) groups is 1. The molecule has 0 unspecified atom stereocenters. The lowest BCUT2D eigenvalue weighted by molar-refractivity contribution is -0.136. The topological polar surface area (TPSA) is 87.5 Å². The van der Waals surface area contributed by atoms with E-state index < -0.39 is 5.97 Å². The van der Waals surface area contributed by atoms with Crippen molar-refractivity contribution in [1.29, 1.82) is 0 Å². The molecule has 16 heavy (non-hydrogen) atoms. The Bertz CT molecular complexity index is 624. The molecule has 84 valence electrons. The second-order valence-corrected chi connectivity index (χ2v) is 3.65. The summed E-state index contributed by atoms with van der Waals surface area (Å²) >= 11 is 0. The van der Waals surface area contributed by atoms with E-state index in [2.05, 4.69) is 10.1 Å². The van der Waals surface area contributed by atoms with E-state index in [0.29, 0.717) is 22.6 Å². The Hall–Kier alpha value is -2.11. The number of aliphatic carboxylic acids is 1. The summed E-state index contributed by atoms with van der Waals surface area (Å²) in [5.74, 6) is -0.915. The Morgan fingerprint density at radius 1 is 1.56 bits per heavy atom. The molecule has 0 bridgehead atoms. The summed E-state index contributed by atoms with van der Waals surface area (Å²) in [4.78, 5) is 26.0. The van der Waals surface area contributed by atoms with Gasteiger partial charge in [-0.05, 0) is 13.8 Å². The number of aryl methyl sites for hydroxylation is 2. The van der Waals surface area contributed by atoms with Crippen molar-refractivity contribution in [3.8, 4) is 0 Å². The zero-order valence-electron chi connectivity index (χ0n) is 8.94. The summed E-state index contributed by atoms with van der Waals surface area (Å²) in [5.41, 5.74) is 2.23. The van der Waals surface area contributed by atoms with E-state index in [1.54, 1.807) is 13.8 Å². The van der Waals surface area contributed by atoms with Crippen LogP contribution in [0, 0.1) is 13.8 Å². The van der Waals surface area contributed by atoms with Crippen molar-refractivity contribution < 1.29 is 9.90 Å². The third kappa shape index (κ3) is 1.58. The largest absolute Gasteiger partial charge is 0.481 e. The quantitative estimate of drug-likeness (QED) is 0.761. The molecule has 0 saturated heterocycles. The predicted molar refractivity (Wildman–Crippen MR) is 56.6 cm³/mol. The van der Waals surface area contributed by atoms with E-state index in [0.717, 1.165) is 0 Å². The fourth-order valence-corrected chi connectivity index (χ4v) is 1.76. The molecular weight excluding hydrogens is 210 g/mol. The molecule has 0 aliphatic carbocycles. The number of hydrogen-bond donors (Lipinski definition) is 2. The molecule has 0 radical (unpaired) electrons. The van der Waals surface area contributed by atoms with Gasteiger partial charge in [0.15, 0.2) is 5.65 Å². The van der Waals surface area contributed by atoms with E-state index in [9.17, 15) is 9.59 Å². The normalized spacial score (nSPS) is 10.9. The van der Waals surface area contributed by atoms with Gasteiger partial charge >= 0.3 is 5.97 Å². The molecule has 6 nitrogen and oxygen atoms in total. The van der Waals surface area contributed by atoms with Crippen LogP contribution in [0.1, 0.15) is 17.0 Å². The number of aromatic nitrogens is 3. The van der Waals surface area contributed by atoms with Gasteiger partial charge in [0.25, 0.3) is 5.56 Å². The van der Waals surface area contributed by atoms with Crippen molar-refractivity contribution in [2.75, 3.05) is 0 Å². The van der Waals surface area contributed by atoms with E-state index in [4.69, 9.17) is 5.11 Å². The van der Waals surface area contributed by atoms with Crippen LogP contribution in [0.4, 0.5) is 0 Å². The molecule has 0 aromatic carbocycles. The minimum Gasteiger partial charge on any atom is -0.481 e. The smallest absolute Gasteiger partial charge is 0.307 e. The van der Waals surface area contributed by atoms with Crippen molar-refractivity contribution in [3.63, 3.8) is 0 Å². The number of nitrogens with zero attached hydrogens (tertiary/aromatic N) is 2. The fraction of sp³-hybridized carbons (Fsp3) is 0.300. The van der Waals surface area contributed by atoms with Gasteiger partial charge < -0.3 is 5.11 Å². The molecule has 0 amide bonds. The average Bonchev–Trinajstić information content (AvgIpc) is 2.53. The van der Waals surface area contributed by atoms with Crippen molar-refractivity contribution in [1.82, 2.24) is 14.6 Å². The van der Waals surface area contributed by atoms with Gasteiger partial charge in [0.05, 0.1) is 6.42 Å². The van der Waals surface area contributed by atoms with Crippen molar-refractivity contribution in [2.45, 2.75) is 20.3 Å². The van der Waals surface area contributed by atoms with Gasteiger partial charge in [0, 0.05) is 23.0 Å². The summed E-state index contributed by atoms with van der Waals surface area (Å²) in [7, 11) is 0. The van der Waals surface area contributed by atoms with Crippen LogP contribution in [-0.4, -0.2) is 25.7 Å². The fourth-order valence-electron chi connectivity index (χ4n) is 1.76. The Morgan fingerprint density at radius 3 is 2.88 bits per heavy atom. The highest BCUT2D eigenvalue weighted by Crippen LogP contribution is 2.13. The number of fused-ring (bicyclic) bond motifs is 1. The second kappa shape index (κ2) is 3.48. The number of carboxylic acid groups (broad SMARTS) is 1. The maximum Gasteiger partial charge on any atom is 0.307 e. The molecule has 0 saturated carbocycles. The molecule has 2 N–H and O–H groups in total. The van der Waals surface area contributed by atoms with Crippen LogP contribution >= 0.6 is 0 Å². The highest BCUT2D eigenvalue weighted by atomic mass is 16.4. The third-order valence-electron chi connectivity index (χ3n) is 2.53. The zero-order valence-corrected chi connectivity index (χ0v) is 8.94. The number of H-pyrrole nitrogens is 1. The first-order valence-electron chi connectivity index (χ1n) is 4.78. The van der Waals surface area contributed by atoms with E-state index in [1.165, 1.54) is 10.6 Å². The zero-order chi connectivity index (χ0) is 11.9. The Labute approximate surface area is 90.5 Å². The third-order valence-corrected chi connectivity index (χ3v) is 2.53. The van der Waals surface area contributed by atoms with Crippen LogP contribution < -0.4 is 5.56 Å². The minimum atomic E-state index is -0.915. The van der Waals surface area contributed by atoms with Gasteiger partial charge in [0.2, 0.25) is 0 Å². The standard InChI is InChI=1S/C10H11N3O3/c1-5-7(3-10(15)16)6(2)13-8(11-5)4-9(14)12-13/h4H,3H2,1-2H3,(H,12,14)(H,15,16). The number of rotatable bonds is 2. The summed E-state index contributed by atoms with van der Waals surface area (Å²) in [6, 6.07) is 1.38. The Morgan fingerprint density at radius 2 is 2.25 bits per heavy atom. The highest BCUT2D eigenvalue weighted by Gasteiger charge is 2.12. The van der Waals surface area contributed by atoms with Crippen LogP contribution in [0.5, 0.6) is 0 Å². The van der Waals surface area contributed by atoms with Crippen LogP contribution in [-0.2, 0) is 11.2 Å². The van der Waals surface area contributed by atoms with Gasteiger partial charge in [0.1, 0.15) is 0 Å². The van der Waals surface area contributed by atoms with Crippen LogP contribution in [0.25, 0.3) is 5.65 Å². The van der Waals surface area contributed by atoms with E-state index in [1.807, 2.05) is 0 Å². The monoisotopic (exact) mass is 221 g/mol. The highest BCUT2D eigenvalue weighted by molar-refractivity contribution is 5.71. The number of hydrogen-bond acceptors (Lipinski definition) is 3. The molecular formula is C10H11N3O3. The molecule has 6 heteroatoms. The lowest BCUT2D eigenvalue weighted by Gasteiger charge is -2.08. The average molecular weight is 221 g/mol. The maximum absolute atomic E-state index is 11.2. The minimum absolute atomic E-state index is 0.0964. The van der Waals surface area contributed by atoms with E-state index in [-0.39, 0.29) is 12.0 Å². The molecule has 0 atom stereocenters. The molecule has 0 aliphatic rings. The first kappa shape index (κ1) is 10.4. The molecule has 2 rings (SSSR count). The molecule has 2 aromatic heterocycles. The molecule has 0 fully saturated rings. The van der Waals surface area contributed by atoms with Crippen molar-refractivity contribution >= 4 is 11.6 Å². The van der Waals surface area contributed by atoms with Crippen LogP contribution in [0.2, 0.25) is 0 Å². The Kier molecular flexibility index (Phi) is 2.26. The van der Waals surface area contributed by atoms with Crippen molar-refractivity contribution in [2.24, 2.45) is 0 Å². The molecule has 2 heterocycles. The van der Waals surface area contributed by atoms with E-state index >= 15 is 0 Å². The van der Waals surface area contributed by atoms with Gasteiger partial charge in [-0.25, -0.2) is 9.50 Å². The molecule has 2 aromatic rings. The first-order chi connectivity index (χ1) is 7.49. The second-order valence-electron chi connectivity index (χ2n) is 3.65. The summed E-state index contributed by atoms with van der Waals surface area (Å²) in [6.07, 6.45) is -0.0964. The van der Waals surface area contributed by atoms with Gasteiger partial charge in [-0.3, -0.25) is 14.7 Å². The first-order valence-corrected chi connectivity index (χ1v) is 4.78. The predicted octanol–water partition coefficient (Wildman–Crippen LogP) is 0.267. The van der Waals surface area contributed by atoms with Gasteiger partial charge in [-0.15, -0.1) is 0 Å². The van der Waals surface area contributed by atoms with Gasteiger partial charge in [-0.2, -0.15) is 0 Å². The SMILES string of the molecule is Cc1nc2cc(=O)[nH]n2c(C)c1CC(=O)O. The number of nitrogens with one attached hydrogen (secondary N) is 1. The Balaban J connectivity index is 2.74. The number of aromatic amines is 1. The van der Waals surface area contributed by atoms with Crippen LogP contribution in [0.3, 0.4) is 0 Å². The summed E-state index contributed by atoms with van der Waals surface area (Å²) in [5, 5.41) is 11.4. The van der Waals surface area contributed by atoms with Crippen LogP contribution in [0.15, 0.2) is 10.9 Å². The summed E-state index contributed by atoms with van der Waals surface area (Å²) in [6.45, 7) is 3.50. The molecule has 0 aliphatic heterocycles. The lowest BCUT2D eigenvalue weighted by atomic mass is 10.1.